The Kier molecular flexibility index (Phi) is 41.0. The maximum atomic E-state index is 13.1. The van der Waals surface area contributed by atoms with Crippen LogP contribution in [0.2, 0.25) is 0 Å². The van der Waals surface area contributed by atoms with Gasteiger partial charge in [-0.2, -0.15) is 0 Å². The molecule has 0 aromatic heterocycles. The van der Waals surface area contributed by atoms with Crippen LogP contribution < -0.4 is 5.32 Å². The Morgan fingerprint density at radius 1 is 0.524 bits per heavy atom. The van der Waals surface area contributed by atoms with Gasteiger partial charge in [0, 0.05) is 6.42 Å². The zero-order chi connectivity index (χ0) is 46.0. The number of aliphatic hydroxyl groups is 6. The molecule has 7 N–H and O–H groups in total. The van der Waals surface area contributed by atoms with Crippen molar-refractivity contribution in [3.8, 4) is 0 Å². The number of carbonyl (C=O) groups excluding carboxylic acids is 1. The second-order valence-corrected chi connectivity index (χ2v) is 19.2. The molecule has 1 rings (SSSR count). The molecule has 0 aliphatic carbocycles. The smallest absolute Gasteiger partial charge is 0.220 e. The van der Waals surface area contributed by atoms with Crippen molar-refractivity contribution in [2.45, 2.75) is 307 Å². The van der Waals surface area contributed by atoms with Gasteiger partial charge in [0.05, 0.1) is 18.8 Å². The third kappa shape index (κ3) is 32.9. The molecule has 1 amide bonds. The summed E-state index contributed by atoms with van der Waals surface area (Å²) in [6, 6.07) is -0.950. The van der Waals surface area contributed by atoms with E-state index in [1.807, 2.05) is 0 Å². The van der Waals surface area contributed by atoms with E-state index < -0.39 is 55.4 Å². The molecule has 372 valence electrons. The van der Waals surface area contributed by atoms with E-state index >= 15 is 0 Å². The molecule has 9 heteroatoms. The lowest BCUT2D eigenvalue weighted by molar-refractivity contribution is -0.216. The maximum absolute atomic E-state index is 13.1. The molecule has 1 aliphatic heterocycles. The van der Waals surface area contributed by atoms with Gasteiger partial charge in [-0.05, 0) is 38.5 Å². The average molecular weight is 894 g/mol. The molecule has 0 radical (unpaired) electrons. The van der Waals surface area contributed by atoms with Gasteiger partial charge in [0.2, 0.25) is 5.91 Å². The van der Waals surface area contributed by atoms with Crippen molar-refractivity contribution < 1.29 is 40.2 Å². The van der Waals surface area contributed by atoms with Crippen LogP contribution in [-0.2, 0) is 9.53 Å². The van der Waals surface area contributed by atoms with Crippen LogP contribution >= 0.6 is 0 Å². The second-order valence-electron chi connectivity index (χ2n) is 19.2. The zero-order valence-corrected chi connectivity index (χ0v) is 41.0. The number of ether oxygens (including phenoxy) is 1. The van der Waals surface area contributed by atoms with Crippen molar-refractivity contribution in [2.75, 3.05) is 6.61 Å². The van der Waals surface area contributed by atoms with Crippen LogP contribution in [0.1, 0.15) is 258 Å². The first-order valence-electron chi connectivity index (χ1n) is 27.1. The molecule has 0 spiro atoms. The Balaban J connectivity index is 2.27. The van der Waals surface area contributed by atoms with Gasteiger partial charge in [-0.25, -0.2) is 0 Å². The summed E-state index contributed by atoms with van der Waals surface area (Å²) in [6.45, 7) is 3.98. The summed E-state index contributed by atoms with van der Waals surface area (Å²) in [7, 11) is 0. The highest BCUT2D eigenvalue weighted by molar-refractivity contribution is 5.76. The van der Waals surface area contributed by atoms with Crippen molar-refractivity contribution >= 4 is 5.91 Å². The number of carbonyl (C=O) groups is 1. The molecule has 9 nitrogen and oxygen atoms in total. The van der Waals surface area contributed by atoms with E-state index in [4.69, 9.17) is 4.74 Å². The predicted molar refractivity (Wildman–Crippen MR) is 263 cm³/mol. The van der Waals surface area contributed by atoms with Crippen LogP contribution in [-0.4, -0.2) is 91.9 Å². The second kappa shape index (κ2) is 43.3. The summed E-state index contributed by atoms with van der Waals surface area (Å²) in [5, 5.41) is 65.6. The normalized spacial score (nSPS) is 20.8. The fourth-order valence-corrected chi connectivity index (χ4v) is 8.93. The van der Waals surface area contributed by atoms with Crippen LogP contribution in [0.25, 0.3) is 0 Å². The fourth-order valence-electron chi connectivity index (χ4n) is 8.93. The molecule has 1 saturated heterocycles. The summed E-state index contributed by atoms with van der Waals surface area (Å²) in [5.74, 6) is -0.232. The number of allylic oxidation sites excluding steroid dienone is 2. The first-order valence-corrected chi connectivity index (χ1v) is 27.1. The summed E-state index contributed by atoms with van der Waals surface area (Å²) in [6.07, 6.45) is 44.8. The van der Waals surface area contributed by atoms with Crippen molar-refractivity contribution in [1.82, 2.24) is 5.32 Å². The van der Waals surface area contributed by atoms with Crippen LogP contribution in [0.15, 0.2) is 24.3 Å². The first kappa shape index (κ1) is 59.7. The Morgan fingerprint density at radius 3 is 1.32 bits per heavy atom. The predicted octanol–water partition coefficient (Wildman–Crippen LogP) is 12.0. The number of unbranched alkanes of at least 4 members (excludes halogenated alkanes) is 33. The number of rotatable bonds is 45. The van der Waals surface area contributed by atoms with Gasteiger partial charge < -0.3 is 40.7 Å². The first-order chi connectivity index (χ1) is 30.8. The highest BCUT2D eigenvalue weighted by atomic mass is 16.5. The zero-order valence-electron chi connectivity index (χ0n) is 41.0. The molecular formula is C54H103NO8. The Hall–Kier alpha value is -1.33. The molecule has 8 atom stereocenters. The van der Waals surface area contributed by atoms with E-state index in [9.17, 15) is 35.4 Å². The molecule has 0 saturated carbocycles. The van der Waals surface area contributed by atoms with Gasteiger partial charge in [-0.15, -0.1) is 0 Å². The lowest BCUT2D eigenvalue weighted by Crippen LogP contribution is -2.58. The number of amides is 1. The quantitative estimate of drug-likeness (QED) is 0.0235. The van der Waals surface area contributed by atoms with E-state index in [-0.39, 0.29) is 5.91 Å². The molecule has 1 aliphatic rings. The maximum Gasteiger partial charge on any atom is 0.220 e. The van der Waals surface area contributed by atoms with E-state index in [0.717, 1.165) is 51.4 Å². The van der Waals surface area contributed by atoms with Crippen molar-refractivity contribution in [1.29, 1.82) is 0 Å². The Labute approximate surface area is 387 Å². The third-order valence-electron chi connectivity index (χ3n) is 13.3. The summed E-state index contributed by atoms with van der Waals surface area (Å²) in [4.78, 5) is 13.1. The Morgan fingerprint density at radius 2 is 0.905 bits per heavy atom. The summed E-state index contributed by atoms with van der Waals surface area (Å²) < 4.78 is 5.60. The van der Waals surface area contributed by atoms with Crippen LogP contribution in [0.3, 0.4) is 0 Å². The van der Waals surface area contributed by atoms with Crippen molar-refractivity contribution in [3.63, 3.8) is 0 Å². The minimum atomic E-state index is -1.53. The number of aliphatic hydroxyl groups excluding tert-OH is 6. The standard InChI is InChI=1S/C54H103NO8/c1-3-5-7-9-11-13-15-17-18-19-20-21-22-23-24-25-26-27-28-29-30-32-34-36-38-40-42-50(58)55-46(43-44-48-52(60)54(62)53(61)49(45-56)63-48)51(59)47(57)41-39-37-35-33-31-16-14-12-10-8-6-4-2/h27-28,43-44,46-49,51-54,56-57,59-62H,3-26,29-42,45H2,1-2H3,(H,55,58)/b28-27?,44-43+/t46-,47-,48+,49?,51-,52?,53-,54+/m0/s1. The molecule has 0 aromatic carbocycles. The Bertz CT molecular complexity index is 1050. The number of hydrogen-bond acceptors (Lipinski definition) is 8. The summed E-state index contributed by atoms with van der Waals surface area (Å²) >= 11 is 0. The molecule has 1 heterocycles. The molecule has 63 heavy (non-hydrogen) atoms. The van der Waals surface area contributed by atoms with Gasteiger partial charge in [-0.1, -0.05) is 237 Å². The van der Waals surface area contributed by atoms with Gasteiger partial charge in [0.15, 0.2) is 0 Å². The minimum absolute atomic E-state index is 0.232. The van der Waals surface area contributed by atoms with E-state index in [1.165, 1.54) is 192 Å². The number of nitrogens with one attached hydrogen (secondary N) is 1. The van der Waals surface area contributed by atoms with Crippen LogP contribution in [0.5, 0.6) is 0 Å². The third-order valence-corrected chi connectivity index (χ3v) is 13.3. The average Bonchev–Trinajstić information content (AvgIpc) is 3.28. The highest BCUT2D eigenvalue weighted by Gasteiger charge is 2.42. The lowest BCUT2D eigenvalue weighted by Gasteiger charge is -2.39. The largest absolute Gasteiger partial charge is 0.394 e. The van der Waals surface area contributed by atoms with Gasteiger partial charge in [0.1, 0.15) is 36.6 Å². The van der Waals surface area contributed by atoms with Gasteiger partial charge in [0.25, 0.3) is 0 Å². The van der Waals surface area contributed by atoms with Crippen LogP contribution in [0.4, 0.5) is 0 Å². The molecule has 0 aromatic rings. The minimum Gasteiger partial charge on any atom is -0.394 e. The molecule has 2 unspecified atom stereocenters. The molecule has 0 bridgehead atoms. The van der Waals surface area contributed by atoms with Gasteiger partial charge in [-0.3, -0.25) is 4.79 Å². The monoisotopic (exact) mass is 894 g/mol. The molecule has 1 fully saturated rings. The van der Waals surface area contributed by atoms with Crippen molar-refractivity contribution in [2.24, 2.45) is 0 Å². The van der Waals surface area contributed by atoms with E-state index in [2.05, 4.69) is 31.3 Å². The lowest BCUT2D eigenvalue weighted by atomic mass is 9.93. The van der Waals surface area contributed by atoms with E-state index in [1.54, 1.807) is 0 Å². The topological polar surface area (TPSA) is 160 Å². The SMILES string of the molecule is CCCCCCCCCCCCCCCCCCC=CCCCCCCCCC(=O)N[C@@H](/C=C/[C@H]1OC(CO)[C@H](O)[C@H](O)C1O)[C@H](O)[C@@H](O)CCCCCCCCCCCCCC. The van der Waals surface area contributed by atoms with E-state index in [0.29, 0.717) is 12.8 Å². The fraction of sp³-hybridized carbons (Fsp3) is 0.907. The number of hydrogen-bond donors (Lipinski definition) is 7. The van der Waals surface area contributed by atoms with Crippen molar-refractivity contribution in [3.05, 3.63) is 24.3 Å². The van der Waals surface area contributed by atoms with Crippen LogP contribution in [0, 0.1) is 0 Å². The summed E-state index contributed by atoms with van der Waals surface area (Å²) in [5.41, 5.74) is 0. The highest BCUT2D eigenvalue weighted by Crippen LogP contribution is 2.23. The van der Waals surface area contributed by atoms with Gasteiger partial charge >= 0.3 is 0 Å². The molecular weight excluding hydrogens is 791 g/mol.